The molecule has 1 amide bonds. The molecule has 1 saturated heterocycles. The van der Waals surface area contributed by atoms with Gasteiger partial charge in [-0.05, 0) is 27.2 Å². The van der Waals surface area contributed by atoms with E-state index in [2.05, 4.69) is 10.9 Å². The average molecular weight is 358 g/mol. The van der Waals surface area contributed by atoms with E-state index in [1.165, 1.54) is 0 Å². The first kappa shape index (κ1) is 20.6. The molecule has 1 aliphatic rings. The first-order valence-corrected chi connectivity index (χ1v) is 7.53. The second-order valence-corrected chi connectivity index (χ2v) is 6.25. The second-order valence-electron chi connectivity index (χ2n) is 6.25. The highest BCUT2D eigenvalue weighted by atomic mass is 16.6. The predicted octanol–water partition coefficient (Wildman–Crippen LogP) is -0.461. The average Bonchev–Trinajstić information content (AvgIpc) is 2.48. The molecule has 25 heavy (non-hydrogen) atoms. The predicted molar refractivity (Wildman–Crippen MR) is 83.4 cm³/mol. The van der Waals surface area contributed by atoms with Crippen LogP contribution in [-0.2, 0) is 19.1 Å². The maximum atomic E-state index is 12.0. The summed E-state index contributed by atoms with van der Waals surface area (Å²) in [6.07, 6.45) is -1.12. The summed E-state index contributed by atoms with van der Waals surface area (Å²) >= 11 is 0. The topological polar surface area (TPSA) is 149 Å². The van der Waals surface area contributed by atoms with Crippen LogP contribution in [0.3, 0.4) is 0 Å². The smallest absolute Gasteiger partial charge is 0.423 e. The van der Waals surface area contributed by atoms with Gasteiger partial charge in [-0.2, -0.15) is 0 Å². The number of carboxylic acid groups (broad SMARTS) is 2. The first-order valence-electron chi connectivity index (χ1n) is 7.53. The second kappa shape index (κ2) is 8.58. The summed E-state index contributed by atoms with van der Waals surface area (Å²) in [6.45, 7) is 4.88. The molecule has 0 aliphatic carbocycles. The van der Waals surface area contributed by atoms with Crippen LogP contribution in [0.4, 0.5) is 4.79 Å². The minimum absolute atomic E-state index is 0.0300. The fourth-order valence-electron chi connectivity index (χ4n) is 2.09. The Balaban J connectivity index is 3.03. The summed E-state index contributed by atoms with van der Waals surface area (Å²) in [5.41, 5.74) is 4.18. The fraction of sp³-hybridized carbons (Fsp3) is 0.643. The van der Waals surface area contributed by atoms with Gasteiger partial charge in [0.1, 0.15) is 11.5 Å². The van der Waals surface area contributed by atoms with E-state index in [0.717, 1.165) is 10.2 Å². The number of nitrogens with zero attached hydrogens (tertiary/aromatic N) is 2. The molecule has 0 aromatic heterocycles. The van der Waals surface area contributed by atoms with Crippen molar-refractivity contribution >= 4 is 24.0 Å². The van der Waals surface area contributed by atoms with Gasteiger partial charge in [0.05, 0.1) is 6.42 Å². The molecule has 11 heteroatoms. The van der Waals surface area contributed by atoms with Crippen LogP contribution in [0.1, 0.15) is 33.6 Å². The lowest BCUT2D eigenvalue weighted by molar-refractivity contribution is -0.171. The molecular weight excluding hydrogens is 336 g/mol. The van der Waals surface area contributed by atoms with Crippen LogP contribution >= 0.6 is 0 Å². The third-order valence-corrected chi connectivity index (χ3v) is 3.02. The summed E-state index contributed by atoms with van der Waals surface area (Å²) in [5.74, 6) is -0.903. The minimum Gasteiger partial charge on any atom is -0.481 e. The lowest BCUT2D eigenvalue weighted by Crippen LogP contribution is -2.66. The molecule has 0 saturated carbocycles. The van der Waals surface area contributed by atoms with Gasteiger partial charge in [-0.3, -0.25) is 9.59 Å². The summed E-state index contributed by atoms with van der Waals surface area (Å²) in [5, 5.41) is 20.2. The van der Waals surface area contributed by atoms with Crippen LogP contribution in [-0.4, -0.2) is 69.2 Å². The van der Waals surface area contributed by atoms with Crippen molar-refractivity contribution in [1.29, 1.82) is 0 Å². The Hall–Kier alpha value is -2.46. The molecule has 1 rings (SSSR count). The third kappa shape index (κ3) is 6.51. The SMILES string of the molecule is CC(C)(C)OC(=O)NN(CCC(=O)O)N1NCCC(=C=O)C1C(=O)O. The molecule has 0 spiro atoms. The van der Waals surface area contributed by atoms with E-state index in [0.29, 0.717) is 0 Å². The lowest BCUT2D eigenvalue weighted by Gasteiger charge is -2.41. The number of aliphatic carboxylic acids is 2. The Morgan fingerprint density at radius 3 is 2.52 bits per heavy atom. The Labute approximate surface area is 144 Å². The van der Waals surface area contributed by atoms with E-state index in [9.17, 15) is 24.3 Å². The number of amides is 1. The number of hydrogen-bond acceptors (Lipinski definition) is 8. The monoisotopic (exact) mass is 358 g/mol. The highest BCUT2D eigenvalue weighted by Crippen LogP contribution is 2.17. The molecule has 0 aromatic rings. The van der Waals surface area contributed by atoms with Gasteiger partial charge in [-0.15, -0.1) is 10.2 Å². The molecule has 0 bridgehead atoms. The minimum atomic E-state index is -1.44. The van der Waals surface area contributed by atoms with Gasteiger partial charge in [0.25, 0.3) is 0 Å². The number of rotatable bonds is 6. The lowest BCUT2D eigenvalue weighted by atomic mass is 10.0. The number of carbonyl (C=O) groups excluding carboxylic acids is 2. The largest absolute Gasteiger partial charge is 0.481 e. The molecule has 1 fully saturated rings. The number of carbonyl (C=O) groups is 3. The van der Waals surface area contributed by atoms with Gasteiger partial charge in [-0.25, -0.2) is 20.4 Å². The number of hydrazine groups is 3. The zero-order chi connectivity index (χ0) is 19.2. The van der Waals surface area contributed by atoms with E-state index in [-0.39, 0.29) is 31.5 Å². The van der Waals surface area contributed by atoms with Gasteiger partial charge in [-0.1, -0.05) is 0 Å². The van der Waals surface area contributed by atoms with Crippen molar-refractivity contribution in [3.8, 4) is 0 Å². The maximum Gasteiger partial charge on any atom is 0.423 e. The molecule has 0 radical (unpaired) electrons. The number of ether oxygens (including phenoxy) is 1. The van der Waals surface area contributed by atoms with Gasteiger partial charge in [0, 0.05) is 18.7 Å². The van der Waals surface area contributed by atoms with E-state index in [1.807, 2.05) is 0 Å². The maximum absolute atomic E-state index is 12.0. The van der Waals surface area contributed by atoms with Crippen LogP contribution < -0.4 is 10.9 Å². The van der Waals surface area contributed by atoms with Crippen LogP contribution in [0.15, 0.2) is 5.57 Å². The fourth-order valence-corrected chi connectivity index (χ4v) is 2.09. The normalized spacial score (nSPS) is 18.6. The molecule has 1 atom stereocenters. The van der Waals surface area contributed by atoms with Crippen molar-refractivity contribution in [3.05, 3.63) is 5.57 Å². The summed E-state index contributed by atoms with van der Waals surface area (Å²) < 4.78 is 5.09. The Morgan fingerprint density at radius 1 is 1.40 bits per heavy atom. The van der Waals surface area contributed by atoms with Gasteiger partial charge in [0.15, 0.2) is 6.04 Å². The van der Waals surface area contributed by atoms with Crippen molar-refractivity contribution in [2.75, 3.05) is 13.1 Å². The Kier molecular flexibility index (Phi) is 7.07. The van der Waals surface area contributed by atoms with Crippen LogP contribution in [0.2, 0.25) is 0 Å². The van der Waals surface area contributed by atoms with Crippen LogP contribution in [0.5, 0.6) is 0 Å². The first-order chi connectivity index (χ1) is 11.5. The molecule has 11 nitrogen and oxygen atoms in total. The Bertz CT molecular complexity index is 580. The summed E-state index contributed by atoms with van der Waals surface area (Å²) in [6, 6.07) is -1.44. The van der Waals surface area contributed by atoms with E-state index < -0.39 is 29.7 Å². The van der Waals surface area contributed by atoms with E-state index >= 15 is 0 Å². The summed E-state index contributed by atoms with van der Waals surface area (Å²) in [7, 11) is 0. The molecule has 140 valence electrons. The standard InChI is InChI=1S/C14H22N4O7/c1-14(2,3)25-13(24)16-17(7-5-10(20)21)18-11(12(22)23)9(8-19)4-6-15-18/h11,15H,4-7H2,1-3H3,(H,16,24)(H,20,21)(H,22,23). The zero-order valence-electron chi connectivity index (χ0n) is 14.2. The number of nitrogens with one attached hydrogen (secondary N) is 2. The van der Waals surface area contributed by atoms with Crippen LogP contribution in [0, 0.1) is 0 Å². The van der Waals surface area contributed by atoms with Crippen molar-refractivity contribution in [1.82, 2.24) is 21.1 Å². The van der Waals surface area contributed by atoms with E-state index in [1.54, 1.807) is 26.7 Å². The molecule has 1 aliphatic heterocycles. The number of carboxylic acids is 2. The zero-order valence-corrected chi connectivity index (χ0v) is 14.2. The molecule has 0 aromatic carbocycles. The van der Waals surface area contributed by atoms with Gasteiger partial charge >= 0.3 is 18.0 Å². The molecule has 1 heterocycles. The highest BCUT2D eigenvalue weighted by molar-refractivity contribution is 5.81. The Morgan fingerprint density at radius 2 is 2.04 bits per heavy atom. The van der Waals surface area contributed by atoms with Crippen molar-refractivity contribution in [2.24, 2.45) is 0 Å². The van der Waals surface area contributed by atoms with Gasteiger partial charge in [0.2, 0.25) is 0 Å². The van der Waals surface area contributed by atoms with Crippen LogP contribution in [0.25, 0.3) is 0 Å². The highest BCUT2D eigenvalue weighted by Gasteiger charge is 2.38. The van der Waals surface area contributed by atoms with Crippen molar-refractivity contribution < 1.29 is 34.1 Å². The third-order valence-electron chi connectivity index (χ3n) is 3.02. The molecular formula is C14H22N4O7. The number of hydrogen-bond donors (Lipinski definition) is 4. The van der Waals surface area contributed by atoms with E-state index in [4.69, 9.17) is 9.84 Å². The molecule has 1 unspecified atom stereocenters. The quantitative estimate of drug-likeness (QED) is 0.363. The van der Waals surface area contributed by atoms with Crippen molar-refractivity contribution in [3.63, 3.8) is 0 Å². The van der Waals surface area contributed by atoms with Gasteiger partial charge < -0.3 is 14.9 Å². The summed E-state index contributed by atoms with van der Waals surface area (Å²) in [4.78, 5) is 45.4. The molecule has 4 N–H and O–H groups in total. The van der Waals surface area contributed by atoms with Crippen molar-refractivity contribution in [2.45, 2.75) is 45.3 Å².